The van der Waals surface area contributed by atoms with Crippen LogP contribution >= 0.6 is 23.1 Å². The summed E-state index contributed by atoms with van der Waals surface area (Å²) in [5, 5.41) is 10.1. The molecule has 2 aromatic heterocycles. The molecule has 0 spiro atoms. The number of ether oxygens (including phenoxy) is 1. The molecule has 2 aromatic rings. The number of rotatable bonds is 5. The number of pyridine rings is 1. The smallest absolute Gasteiger partial charge is 0.422 e. The van der Waals surface area contributed by atoms with Crippen molar-refractivity contribution in [3.8, 4) is 16.6 Å². The van der Waals surface area contributed by atoms with Crippen LogP contribution in [0.4, 0.5) is 9.80 Å². The Bertz CT molecular complexity index is 944. The molecule has 1 atom stereocenters. The van der Waals surface area contributed by atoms with E-state index >= 15 is 0 Å². The Morgan fingerprint density at radius 1 is 1.38 bits per heavy atom. The zero-order valence-corrected chi connectivity index (χ0v) is 19.0. The van der Waals surface area contributed by atoms with Gasteiger partial charge in [0.05, 0.1) is 11.3 Å². The minimum atomic E-state index is -0.745. The van der Waals surface area contributed by atoms with Crippen LogP contribution in [0.15, 0.2) is 18.5 Å². The van der Waals surface area contributed by atoms with E-state index < -0.39 is 11.7 Å². The van der Waals surface area contributed by atoms with Gasteiger partial charge in [0, 0.05) is 29.6 Å². The van der Waals surface area contributed by atoms with Crippen LogP contribution in [0.5, 0.6) is 0 Å². The molecule has 0 N–H and O–H groups in total. The summed E-state index contributed by atoms with van der Waals surface area (Å²) in [5.74, 6) is -0.126. The van der Waals surface area contributed by atoms with Crippen molar-refractivity contribution < 1.29 is 14.3 Å². The summed E-state index contributed by atoms with van der Waals surface area (Å²) >= 11 is 2.73. The van der Waals surface area contributed by atoms with E-state index in [-0.39, 0.29) is 11.8 Å². The van der Waals surface area contributed by atoms with E-state index in [1.54, 1.807) is 46.9 Å². The highest BCUT2D eigenvalue weighted by Crippen LogP contribution is 2.36. The molecule has 0 saturated carbocycles. The largest absolute Gasteiger partial charge is 0.443 e. The Morgan fingerprint density at radius 2 is 2.07 bits per heavy atom. The number of hydrogen-bond acceptors (Lipinski definition) is 8. The van der Waals surface area contributed by atoms with E-state index in [4.69, 9.17) is 10.00 Å². The van der Waals surface area contributed by atoms with E-state index in [9.17, 15) is 9.59 Å². The van der Waals surface area contributed by atoms with Crippen LogP contribution in [-0.2, 0) is 9.53 Å². The lowest BCUT2D eigenvalue weighted by Gasteiger charge is -2.27. The normalized spacial score (nSPS) is 12.2. The van der Waals surface area contributed by atoms with Crippen molar-refractivity contribution in [2.24, 2.45) is 5.92 Å². The van der Waals surface area contributed by atoms with Crippen LogP contribution in [0, 0.1) is 24.2 Å². The van der Waals surface area contributed by atoms with Crippen LogP contribution in [-0.4, -0.2) is 39.6 Å². The van der Waals surface area contributed by atoms with Gasteiger partial charge in [0.2, 0.25) is 5.91 Å². The molecule has 0 aliphatic rings. The number of nitrogens with zero attached hydrogens (tertiary/aromatic N) is 4. The molecule has 2 rings (SSSR count). The maximum atomic E-state index is 13.1. The molecule has 1 unspecified atom stereocenters. The Morgan fingerprint density at radius 3 is 2.66 bits per heavy atom. The van der Waals surface area contributed by atoms with Crippen molar-refractivity contribution in [3.63, 3.8) is 0 Å². The van der Waals surface area contributed by atoms with Crippen LogP contribution in [0.3, 0.4) is 0 Å². The van der Waals surface area contributed by atoms with Crippen molar-refractivity contribution in [1.29, 1.82) is 5.26 Å². The van der Waals surface area contributed by atoms with Crippen molar-refractivity contribution >= 4 is 40.1 Å². The fourth-order valence-corrected chi connectivity index (χ4v) is 4.15. The predicted octanol–water partition coefficient (Wildman–Crippen LogP) is 4.65. The minimum Gasteiger partial charge on any atom is -0.443 e. The van der Waals surface area contributed by atoms with Crippen molar-refractivity contribution in [1.82, 2.24) is 9.97 Å². The third-order valence-corrected chi connectivity index (χ3v) is 5.75. The van der Waals surface area contributed by atoms with E-state index in [0.29, 0.717) is 32.6 Å². The topological polar surface area (TPSA) is 96.2 Å². The zero-order chi connectivity index (χ0) is 21.8. The second-order valence-electron chi connectivity index (χ2n) is 7.49. The van der Waals surface area contributed by atoms with E-state index in [0.717, 1.165) is 4.90 Å². The lowest BCUT2D eigenvalue weighted by atomic mass is 10.2. The van der Waals surface area contributed by atoms with Gasteiger partial charge in [-0.1, -0.05) is 18.3 Å². The molecule has 0 aliphatic carbocycles. The molecular weight excluding hydrogens is 408 g/mol. The maximum Gasteiger partial charge on any atom is 0.422 e. The summed E-state index contributed by atoms with van der Waals surface area (Å²) in [6.07, 6.45) is 4.25. The number of anilines is 1. The molecule has 0 aliphatic heterocycles. The van der Waals surface area contributed by atoms with E-state index in [2.05, 4.69) is 9.97 Å². The average Bonchev–Trinajstić information content (AvgIpc) is 3.02. The number of amides is 2. The van der Waals surface area contributed by atoms with Gasteiger partial charge in [-0.25, -0.2) is 14.7 Å². The van der Waals surface area contributed by atoms with Gasteiger partial charge in [-0.2, -0.15) is 17.0 Å². The van der Waals surface area contributed by atoms with Gasteiger partial charge in [-0.05, 0) is 40.0 Å². The number of carbonyl (C=O) groups is 2. The Hall–Kier alpha value is -2.44. The Balaban J connectivity index is 2.50. The molecule has 0 radical (unpaired) electrons. The highest BCUT2D eigenvalue weighted by molar-refractivity contribution is 7.98. The first-order chi connectivity index (χ1) is 13.6. The van der Waals surface area contributed by atoms with E-state index in [1.165, 1.54) is 29.3 Å². The predicted molar refractivity (Wildman–Crippen MR) is 116 cm³/mol. The number of carbonyl (C=O) groups excluding carboxylic acids is 2. The summed E-state index contributed by atoms with van der Waals surface area (Å²) < 4.78 is 5.49. The standard InChI is InChI=1S/C20H24N4O3S2/c1-12(11-28-6)17(25)24(19(26)27-20(3,4)5)18-13(2)23-16(29-18)15-7-14(8-21)9-22-10-15/h7,9-10,12H,11H2,1-6H3. The first kappa shape index (κ1) is 22.8. The van der Waals surface area contributed by atoms with Gasteiger partial charge in [0.15, 0.2) is 0 Å². The molecule has 2 heterocycles. The summed E-state index contributed by atoms with van der Waals surface area (Å²) in [6.45, 7) is 8.78. The Labute approximate surface area is 179 Å². The monoisotopic (exact) mass is 432 g/mol. The molecule has 2 amide bonds. The quantitative estimate of drug-likeness (QED) is 0.678. The molecule has 29 heavy (non-hydrogen) atoms. The summed E-state index contributed by atoms with van der Waals surface area (Å²) in [4.78, 5) is 35.7. The zero-order valence-electron chi connectivity index (χ0n) is 17.3. The molecular formula is C20H24N4O3S2. The van der Waals surface area contributed by atoms with Gasteiger partial charge in [-0.15, -0.1) is 0 Å². The Kier molecular flexibility index (Phi) is 7.38. The highest BCUT2D eigenvalue weighted by Gasteiger charge is 2.34. The second kappa shape index (κ2) is 9.37. The van der Waals surface area contributed by atoms with Gasteiger partial charge >= 0.3 is 6.09 Å². The SMILES string of the molecule is CSCC(C)C(=O)N(C(=O)OC(C)(C)C)c1sc(-c2cncc(C#N)c2)nc1C. The molecule has 0 bridgehead atoms. The number of thioether (sulfide) groups is 1. The average molecular weight is 433 g/mol. The minimum absolute atomic E-state index is 0.337. The number of hydrogen-bond donors (Lipinski definition) is 0. The molecule has 7 nitrogen and oxygen atoms in total. The van der Waals surface area contributed by atoms with Crippen molar-refractivity contribution in [3.05, 3.63) is 29.7 Å². The lowest BCUT2D eigenvalue weighted by molar-refractivity contribution is -0.121. The summed E-state index contributed by atoms with van der Waals surface area (Å²) in [7, 11) is 0. The number of aromatic nitrogens is 2. The third kappa shape index (κ3) is 5.78. The number of nitriles is 1. The van der Waals surface area contributed by atoms with E-state index in [1.807, 2.05) is 12.3 Å². The first-order valence-electron chi connectivity index (χ1n) is 8.96. The fraction of sp³-hybridized carbons (Fsp3) is 0.450. The maximum absolute atomic E-state index is 13.1. The number of aryl methyl sites for hydroxylation is 1. The van der Waals surface area contributed by atoms with Gasteiger partial charge in [-0.3, -0.25) is 9.78 Å². The molecule has 154 valence electrons. The van der Waals surface area contributed by atoms with Crippen LogP contribution in [0.1, 0.15) is 39.0 Å². The molecule has 0 aromatic carbocycles. The molecule has 9 heteroatoms. The van der Waals surface area contributed by atoms with Gasteiger partial charge in [0.25, 0.3) is 0 Å². The second-order valence-corrected chi connectivity index (χ2v) is 9.38. The third-order valence-electron chi connectivity index (χ3n) is 3.72. The van der Waals surface area contributed by atoms with Gasteiger partial charge < -0.3 is 4.74 Å². The number of imide groups is 1. The van der Waals surface area contributed by atoms with Crippen LogP contribution < -0.4 is 4.90 Å². The van der Waals surface area contributed by atoms with Crippen molar-refractivity contribution in [2.45, 2.75) is 40.2 Å². The summed E-state index contributed by atoms with van der Waals surface area (Å²) in [6, 6.07) is 3.72. The lowest BCUT2D eigenvalue weighted by Crippen LogP contribution is -2.44. The fourth-order valence-electron chi connectivity index (χ4n) is 2.46. The first-order valence-corrected chi connectivity index (χ1v) is 11.2. The van der Waals surface area contributed by atoms with Gasteiger partial charge in [0.1, 0.15) is 21.7 Å². The molecule has 0 saturated heterocycles. The van der Waals surface area contributed by atoms with Crippen molar-refractivity contribution in [2.75, 3.05) is 16.9 Å². The molecule has 0 fully saturated rings. The van der Waals surface area contributed by atoms with Crippen LogP contribution in [0.25, 0.3) is 10.6 Å². The summed E-state index contributed by atoms with van der Waals surface area (Å²) in [5.41, 5.74) is 0.843. The highest BCUT2D eigenvalue weighted by atomic mass is 32.2. The van der Waals surface area contributed by atoms with Crippen LogP contribution in [0.2, 0.25) is 0 Å². The number of thiazole rings is 1.